The number of hydrogen-bond donors (Lipinski definition) is 0. The van der Waals surface area contributed by atoms with Gasteiger partial charge in [0.2, 0.25) is 0 Å². The maximum atomic E-state index is 12.0. The second-order valence-electron chi connectivity index (χ2n) is 12.0. The van der Waals surface area contributed by atoms with E-state index in [1.165, 1.54) is 38.5 Å². The van der Waals surface area contributed by atoms with Crippen LogP contribution < -0.4 is 0 Å². The Hall–Kier alpha value is -1.06. The van der Waals surface area contributed by atoms with Crippen molar-refractivity contribution in [1.29, 1.82) is 0 Å². The number of esters is 2. The summed E-state index contributed by atoms with van der Waals surface area (Å²) < 4.78 is 12.0. The monoisotopic (exact) mass is 400 g/mol. The molecule has 160 valence electrons. The number of rotatable bonds is 0. The highest BCUT2D eigenvalue weighted by Crippen LogP contribution is 2.71. The molecular weight excluding hydrogens is 364 g/mol. The van der Waals surface area contributed by atoms with E-state index in [4.69, 9.17) is 9.47 Å². The fourth-order valence-corrected chi connectivity index (χ4v) is 9.60. The van der Waals surface area contributed by atoms with Gasteiger partial charge in [0, 0.05) is 18.3 Å². The third kappa shape index (κ3) is 2.32. The van der Waals surface area contributed by atoms with Crippen LogP contribution in [0.2, 0.25) is 0 Å². The smallest absolute Gasteiger partial charge is 0.306 e. The molecule has 0 N–H and O–H groups in total. The Morgan fingerprint density at radius 1 is 0.759 bits per heavy atom. The fourth-order valence-electron chi connectivity index (χ4n) is 9.60. The Balaban J connectivity index is 1.26. The molecule has 0 bridgehead atoms. The van der Waals surface area contributed by atoms with Crippen molar-refractivity contribution < 1.29 is 19.1 Å². The fraction of sp³-hybridized carbons (Fsp3) is 0.920. The minimum Gasteiger partial charge on any atom is -0.459 e. The molecule has 4 aliphatic carbocycles. The van der Waals surface area contributed by atoms with E-state index in [-0.39, 0.29) is 28.6 Å². The summed E-state index contributed by atoms with van der Waals surface area (Å²) in [5.74, 6) is 3.05. The van der Waals surface area contributed by atoms with E-state index in [9.17, 15) is 9.59 Å². The Morgan fingerprint density at radius 3 is 2.24 bits per heavy atom. The molecule has 0 radical (unpaired) electrons. The first-order valence-corrected chi connectivity index (χ1v) is 12.2. The normalized spacial score (nSPS) is 56.1. The summed E-state index contributed by atoms with van der Waals surface area (Å²) >= 11 is 0. The Labute approximate surface area is 174 Å². The first-order valence-electron chi connectivity index (χ1n) is 12.2. The molecular formula is C25H36O4. The highest BCUT2D eigenvalue weighted by atomic mass is 16.6. The molecule has 6 rings (SSSR count). The van der Waals surface area contributed by atoms with Gasteiger partial charge in [-0.25, -0.2) is 0 Å². The SMILES string of the molecule is C[C@]12CC[C@@]3(CCC(=O)O3)C[C@@H]1CC[C@@H]1[C@@H]2CC[C@@]2(C)[C@H]1CC[C@@]21CCC(=O)O1. The average molecular weight is 401 g/mol. The van der Waals surface area contributed by atoms with Gasteiger partial charge in [-0.15, -0.1) is 0 Å². The molecule has 0 unspecified atom stereocenters. The molecule has 0 amide bonds. The van der Waals surface area contributed by atoms with E-state index in [2.05, 4.69) is 13.8 Å². The van der Waals surface area contributed by atoms with Crippen molar-refractivity contribution in [3.05, 3.63) is 0 Å². The third-order valence-electron chi connectivity index (χ3n) is 11.2. The Bertz CT molecular complexity index is 762. The molecule has 2 spiro atoms. The van der Waals surface area contributed by atoms with Gasteiger partial charge < -0.3 is 9.47 Å². The van der Waals surface area contributed by atoms with Gasteiger partial charge in [-0.1, -0.05) is 13.8 Å². The zero-order chi connectivity index (χ0) is 20.1. The summed E-state index contributed by atoms with van der Waals surface area (Å²) in [6.45, 7) is 5.03. The van der Waals surface area contributed by atoms with Crippen LogP contribution in [-0.4, -0.2) is 23.1 Å². The minimum absolute atomic E-state index is 0.0260. The van der Waals surface area contributed by atoms with Crippen molar-refractivity contribution in [1.82, 2.24) is 0 Å². The van der Waals surface area contributed by atoms with Gasteiger partial charge in [0.15, 0.2) is 0 Å². The van der Waals surface area contributed by atoms with Crippen molar-refractivity contribution in [3.63, 3.8) is 0 Å². The number of fused-ring (bicyclic) bond motifs is 6. The molecule has 8 atom stereocenters. The van der Waals surface area contributed by atoms with Gasteiger partial charge >= 0.3 is 11.9 Å². The van der Waals surface area contributed by atoms with Crippen molar-refractivity contribution in [2.45, 2.75) is 109 Å². The quantitative estimate of drug-likeness (QED) is 0.526. The summed E-state index contributed by atoms with van der Waals surface area (Å²) in [7, 11) is 0. The highest BCUT2D eigenvalue weighted by molar-refractivity contribution is 5.73. The second-order valence-corrected chi connectivity index (χ2v) is 12.0. The molecule has 4 nitrogen and oxygen atoms in total. The van der Waals surface area contributed by atoms with Crippen LogP contribution in [0.3, 0.4) is 0 Å². The molecule has 4 heteroatoms. The van der Waals surface area contributed by atoms with Gasteiger partial charge in [-0.2, -0.15) is 0 Å². The zero-order valence-electron chi connectivity index (χ0n) is 18.1. The van der Waals surface area contributed by atoms with E-state index >= 15 is 0 Å². The van der Waals surface area contributed by atoms with Crippen molar-refractivity contribution >= 4 is 11.9 Å². The number of carbonyl (C=O) groups is 2. The van der Waals surface area contributed by atoms with E-state index in [1.54, 1.807) is 0 Å². The number of carbonyl (C=O) groups excluding carboxylic acids is 2. The standard InChI is InChI=1S/C25H36O4/c1-22-13-14-24(10-7-20(26)28-24)15-16(22)3-4-17-18(22)5-9-23(2)19(17)6-11-25(23)12-8-21(27)29-25/h16-19H,3-15H2,1-2H3/t16-,17+,18-,19-,22-,23-,24-,25+/m0/s1. The summed E-state index contributed by atoms with van der Waals surface area (Å²) in [5, 5.41) is 0. The number of hydrogen-bond acceptors (Lipinski definition) is 4. The van der Waals surface area contributed by atoms with Gasteiger partial charge in [-0.3, -0.25) is 9.59 Å². The first-order chi connectivity index (χ1) is 13.8. The van der Waals surface area contributed by atoms with Crippen LogP contribution in [0.4, 0.5) is 0 Å². The Kier molecular flexibility index (Phi) is 3.73. The van der Waals surface area contributed by atoms with E-state index in [1.807, 2.05) is 0 Å². The van der Waals surface area contributed by atoms with Gasteiger partial charge in [-0.05, 0) is 99.7 Å². The molecule has 29 heavy (non-hydrogen) atoms. The first kappa shape index (κ1) is 18.7. The van der Waals surface area contributed by atoms with E-state index in [0.29, 0.717) is 30.1 Å². The number of ether oxygens (including phenoxy) is 2. The lowest BCUT2D eigenvalue weighted by atomic mass is 9.43. The average Bonchev–Trinajstić information content (AvgIpc) is 3.33. The van der Waals surface area contributed by atoms with Crippen LogP contribution in [0, 0.1) is 34.5 Å². The minimum atomic E-state index is -0.161. The van der Waals surface area contributed by atoms with Gasteiger partial charge in [0.25, 0.3) is 0 Å². The lowest BCUT2D eigenvalue weighted by molar-refractivity contribution is -0.184. The van der Waals surface area contributed by atoms with Crippen molar-refractivity contribution in [2.24, 2.45) is 34.5 Å². The topological polar surface area (TPSA) is 52.6 Å². The predicted octanol–water partition coefficient (Wildman–Crippen LogP) is 5.18. The summed E-state index contributed by atoms with van der Waals surface area (Å²) in [5.41, 5.74) is 0.284. The summed E-state index contributed by atoms with van der Waals surface area (Å²) in [6.07, 6.45) is 14.0. The maximum absolute atomic E-state index is 12.0. The molecule has 6 fully saturated rings. The largest absolute Gasteiger partial charge is 0.459 e. The van der Waals surface area contributed by atoms with Crippen LogP contribution in [0.5, 0.6) is 0 Å². The van der Waals surface area contributed by atoms with Gasteiger partial charge in [0.1, 0.15) is 11.2 Å². The van der Waals surface area contributed by atoms with Crippen LogP contribution in [-0.2, 0) is 19.1 Å². The molecule has 0 aromatic rings. The van der Waals surface area contributed by atoms with Crippen LogP contribution in [0.1, 0.15) is 97.3 Å². The lowest BCUT2D eigenvalue weighted by Gasteiger charge is -2.62. The van der Waals surface area contributed by atoms with Crippen molar-refractivity contribution in [2.75, 3.05) is 0 Å². The molecule has 0 aromatic heterocycles. The van der Waals surface area contributed by atoms with Gasteiger partial charge in [0.05, 0.1) is 0 Å². The van der Waals surface area contributed by atoms with Crippen molar-refractivity contribution in [3.8, 4) is 0 Å². The molecule has 2 saturated heterocycles. The second kappa shape index (κ2) is 5.79. The summed E-state index contributed by atoms with van der Waals surface area (Å²) in [4.78, 5) is 23.9. The maximum Gasteiger partial charge on any atom is 0.306 e. The highest BCUT2D eigenvalue weighted by Gasteiger charge is 2.68. The molecule has 2 heterocycles. The molecule has 4 saturated carbocycles. The lowest BCUT2D eigenvalue weighted by Crippen LogP contribution is -2.58. The predicted molar refractivity (Wildman–Crippen MR) is 108 cm³/mol. The van der Waals surface area contributed by atoms with Crippen LogP contribution >= 0.6 is 0 Å². The van der Waals surface area contributed by atoms with Crippen LogP contribution in [0.15, 0.2) is 0 Å². The third-order valence-corrected chi connectivity index (χ3v) is 11.2. The molecule has 2 aliphatic heterocycles. The van der Waals surface area contributed by atoms with E-state index in [0.717, 1.165) is 43.9 Å². The van der Waals surface area contributed by atoms with Crippen LogP contribution in [0.25, 0.3) is 0 Å². The van der Waals surface area contributed by atoms with E-state index < -0.39 is 0 Å². The molecule has 6 aliphatic rings. The molecule has 0 aromatic carbocycles. The zero-order valence-corrected chi connectivity index (χ0v) is 18.1. The Morgan fingerprint density at radius 2 is 1.52 bits per heavy atom. The summed E-state index contributed by atoms with van der Waals surface area (Å²) in [6, 6.07) is 0.